The second-order valence-electron chi connectivity index (χ2n) is 4.47. The standard InChI is InChI=1S/C12H20N4O/c1-3-7-16-10(5-6-14-16)12-9(13)8-11(17)15(12)4-2/h5-6,9,12H,3-4,7-8,13H2,1-2H3. The molecule has 1 fully saturated rings. The molecule has 0 saturated carbocycles. The van der Waals surface area contributed by atoms with Gasteiger partial charge in [0.25, 0.3) is 0 Å². The molecule has 94 valence electrons. The summed E-state index contributed by atoms with van der Waals surface area (Å²) in [5, 5.41) is 4.30. The molecule has 1 aliphatic rings. The summed E-state index contributed by atoms with van der Waals surface area (Å²) in [6.45, 7) is 5.68. The molecule has 0 aliphatic carbocycles. The number of hydrogen-bond donors (Lipinski definition) is 1. The topological polar surface area (TPSA) is 64.2 Å². The molecule has 2 unspecified atom stereocenters. The highest BCUT2D eigenvalue weighted by molar-refractivity contribution is 5.80. The molecule has 2 N–H and O–H groups in total. The average molecular weight is 236 g/mol. The molecule has 1 aliphatic heterocycles. The molecular formula is C12H20N4O. The van der Waals surface area contributed by atoms with E-state index in [1.807, 2.05) is 22.6 Å². The van der Waals surface area contributed by atoms with Crippen molar-refractivity contribution in [3.8, 4) is 0 Å². The number of carbonyl (C=O) groups excluding carboxylic acids is 1. The number of aryl methyl sites for hydroxylation is 1. The number of rotatable bonds is 4. The second-order valence-corrected chi connectivity index (χ2v) is 4.47. The molecule has 0 spiro atoms. The zero-order valence-corrected chi connectivity index (χ0v) is 10.5. The lowest BCUT2D eigenvalue weighted by molar-refractivity contribution is -0.128. The fraction of sp³-hybridized carbons (Fsp3) is 0.667. The van der Waals surface area contributed by atoms with Crippen molar-refractivity contribution in [2.75, 3.05) is 6.54 Å². The smallest absolute Gasteiger partial charge is 0.224 e. The minimum absolute atomic E-state index is 0.0125. The van der Waals surface area contributed by atoms with Crippen molar-refractivity contribution in [2.45, 2.75) is 45.3 Å². The molecule has 2 atom stereocenters. The first kappa shape index (κ1) is 12.1. The molecular weight excluding hydrogens is 216 g/mol. The van der Waals surface area contributed by atoms with Crippen LogP contribution >= 0.6 is 0 Å². The molecule has 1 aromatic heterocycles. The lowest BCUT2D eigenvalue weighted by Gasteiger charge is -2.26. The van der Waals surface area contributed by atoms with E-state index >= 15 is 0 Å². The molecule has 0 radical (unpaired) electrons. The Morgan fingerprint density at radius 1 is 1.53 bits per heavy atom. The lowest BCUT2D eigenvalue weighted by Crippen LogP contribution is -2.34. The van der Waals surface area contributed by atoms with E-state index in [4.69, 9.17) is 5.73 Å². The predicted octanol–water partition coefficient (Wildman–Crippen LogP) is 0.914. The predicted molar refractivity (Wildman–Crippen MR) is 65.2 cm³/mol. The van der Waals surface area contributed by atoms with Crippen LogP contribution < -0.4 is 5.73 Å². The van der Waals surface area contributed by atoms with Gasteiger partial charge in [-0.2, -0.15) is 5.10 Å². The Bertz CT molecular complexity index is 401. The van der Waals surface area contributed by atoms with Crippen LogP contribution in [0, 0.1) is 0 Å². The Kier molecular flexibility index (Phi) is 3.47. The third kappa shape index (κ3) is 2.07. The van der Waals surface area contributed by atoms with Gasteiger partial charge in [0.2, 0.25) is 5.91 Å². The summed E-state index contributed by atoms with van der Waals surface area (Å²) >= 11 is 0. The second kappa shape index (κ2) is 4.87. The van der Waals surface area contributed by atoms with Crippen LogP contribution in [0.25, 0.3) is 0 Å². The van der Waals surface area contributed by atoms with Gasteiger partial charge in [0.15, 0.2) is 0 Å². The molecule has 0 aromatic carbocycles. The van der Waals surface area contributed by atoms with Crippen LogP contribution in [-0.2, 0) is 11.3 Å². The molecule has 5 nitrogen and oxygen atoms in total. The zero-order valence-electron chi connectivity index (χ0n) is 10.5. The highest BCUT2D eigenvalue weighted by atomic mass is 16.2. The van der Waals surface area contributed by atoms with E-state index < -0.39 is 0 Å². The van der Waals surface area contributed by atoms with Gasteiger partial charge in [-0.05, 0) is 19.4 Å². The molecule has 1 saturated heterocycles. The minimum atomic E-state index is -0.116. The van der Waals surface area contributed by atoms with E-state index in [1.165, 1.54) is 0 Å². The summed E-state index contributed by atoms with van der Waals surface area (Å²) in [6, 6.07) is 1.85. The van der Waals surface area contributed by atoms with Crippen molar-refractivity contribution in [3.63, 3.8) is 0 Å². The molecule has 1 aromatic rings. The summed E-state index contributed by atoms with van der Waals surface area (Å²) in [5.41, 5.74) is 7.15. The number of nitrogens with zero attached hydrogens (tertiary/aromatic N) is 3. The highest BCUT2D eigenvalue weighted by Crippen LogP contribution is 2.31. The van der Waals surface area contributed by atoms with Crippen LogP contribution in [0.15, 0.2) is 12.3 Å². The number of amides is 1. The number of nitrogens with two attached hydrogens (primary N) is 1. The van der Waals surface area contributed by atoms with Crippen LogP contribution in [0.3, 0.4) is 0 Å². The van der Waals surface area contributed by atoms with E-state index in [1.54, 1.807) is 6.20 Å². The monoisotopic (exact) mass is 236 g/mol. The normalized spacial score (nSPS) is 24.6. The van der Waals surface area contributed by atoms with Gasteiger partial charge in [-0.15, -0.1) is 0 Å². The molecule has 1 amide bonds. The first-order chi connectivity index (χ1) is 8.19. The number of hydrogen-bond acceptors (Lipinski definition) is 3. The van der Waals surface area contributed by atoms with Crippen molar-refractivity contribution >= 4 is 5.91 Å². The van der Waals surface area contributed by atoms with Crippen molar-refractivity contribution in [2.24, 2.45) is 5.73 Å². The Morgan fingerprint density at radius 3 is 2.94 bits per heavy atom. The number of carbonyl (C=O) groups is 1. The van der Waals surface area contributed by atoms with Gasteiger partial charge in [0.05, 0.1) is 11.7 Å². The van der Waals surface area contributed by atoms with Crippen LogP contribution in [0.2, 0.25) is 0 Å². The fourth-order valence-corrected chi connectivity index (χ4v) is 2.56. The van der Waals surface area contributed by atoms with E-state index in [9.17, 15) is 4.79 Å². The fourth-order valence-electron chi connectivity index (χ4n) is 2.56. The van der Waals surface area contributed by atoms with Crippen LogP contribution in [0.5, 0.6) is 0 Å². The van der Waals surface area contributed by atoms with Crippen molar-refractivity contribution in [1.82, 2.24) is 14.7 Å². The molecule has 2 heterocycles. The summed E-state index contributed by atoms with van der Waals surface area (Å²) in [5.74, 6) is 0.147. The van der Waals surface area contributed by atoms with Crippen LogP contribution in [0.4, 0.5) is 0 Å². The van der Waals surface area contributed by atoms with E-state index in [2.05, 4.69) is 12.0 Å². The molecule has 0 bridgehead atoms. The Hall–Kier alpha value is -1.36. The van der Waals surface area contributed by atoms with Gasteiger partial charge in [-0.25, -0.2) is 0 Å². The lowest BCUT2D eigenvalue weighted by atomic mass is 10.1. The first-order valence-electron chi connectivity index (χ1n) is 6.25. The maximum atomic E-state index is 11.8. The Labute approximate surface area is 102 Å². The number of likely N-dealkylation sites (tertiary alicyclic amines) is 1. The SMILES string of the molecule is CCCn1nccc1C1C(N)CC(=O)N1CC. The van der Waals surface area contributed by atoms with E-state index in [-0.39, 0.29) is 18.0 Å². The average Bonchev–Trinajstić information content (AvgIpc) is 2.83. The van der Waals surface area contributed by atoms with Crippen LogP contribution in [-0.4, -0.2) is 33.2 Å². The van der Waals surface area contributed by atoms with Crippen LogP contribution in [0.1, 0.15) is 38.4 Å². The third-order valence-corrected chi connectivity index (χ3v) is 3.30. The highest BCUT2D eigenvalue weighted by Gasteiger charge is 2.39. The van der Waals surface area contributed by atoms with Gasteiger partial charge in [0, 0.05) is 31.7 Å². The summed E-state index contributed by atoms with van der Waals surface area (Å²) < 4.78 is 1.96. The van der Waals surface area contributed by atoms with Crippen molar-refractivity contribution in [1.29, 1.82) is 0 Å². The summed E-state index contributed by atoms with van der Waals surface area (Å²) in [7, 11) is 0. The van der Waals surface area contributed by atoms with E-state index in [0.717, 1.165) is 18.7 Å². The number of aromatic nitrogens is 2. The van der Waals surface area contributed by atoms with Gasteiger partial charge >= 0.3 is 0 Å². The largest absolute Gasteiger partial charge is 0.333 e. The zero-order chi connectivity index (χ0) is 12.4. The Morgan fingerprint density at radius 2 is 2.29 bits per heavy atom. The van der Waals surface area contributed by atoms with Crippen molar-refractivity contribution < 1.29 is 4.79 Å². The first-order valence-corrected chi connectivity index (χ1v) is 6.25. The third-order valence-electron chi connectivity index (χ3n) is 3.30. The number of likely N-dealkylation sites (N-methyl/N-ethyl adjacent to an activating group) is 1. The summed E-state index contributed by atoms with van der Waals surface area (Å²) in [6.07, 6.45) is 3.25. The Balaban J connectivity index is 2.30. The molecule has 17 heavy (non-hydrogen) atoms. The van der Waals surface area contributed by atoms with Crippen molar-refractivity contribution in [3.05, 3.63) is 18.0 Å². The maximum absolute atomic E-state index is 11.8. The van der Waals surface area contributed by atoms with Gasteiger partial charge < -0.3 is 10.6 Å². The van der Waals surface area contributed by atoms with Gasteiger partial charge in [-0.1, -0.05) is 6.92 Å². The molecule has 2 rings (SSSR count). The maximum Gasteiger partial charge on any atom is 0.224 e. The van der Waals surface area contributed by atoms with Gasteiger partial charge in [0.1, 0.15) is 0 Å². The minimum Gasteiger partial charge on any atom is -0.333 e. The van der Waals surface area contributed by atoms with Gasteiger partial charge in [-0.3, -0.25) is 9.48 Å². The summed E-state index contributed by atoms with van der Waals surface area (Å²) in [4.78, 5) is 13.7. The van der Waals surface area contributed by atoms with E-state index in [0.29, 0.717) is 13.0 Å². The molecule has 5 heteroatoms. The quantitative estimate of drug-likeness (QED) is 0.845.